The van der Waals surface area contributed by atoms with Gasteiger partial charge in [0.25, 0.3) is 0 Å². The molecule has 0 radical (unpaired) electrons. The molecule has 0 aromatic rings. The van der Waals surface area contributed by atoms with Crippen LogP contribution >= 0.6 is 0 Å². The third-order valence-electron chi connectivity index (χ3n) is 3.84. The largest absolute Gasteiger partial charge is 0.382 e. The Hall–Kier alpha value is -0.610. The number of methoxy groups -OCH3 is 1. The van der Waals surface area contributed by atoms with Gasteiger partial charge in [0.15, 0.2) is 0 Å². The second-order valence-electron chi connectivity index (χ2n) is 5.05. The molecule has 1 aliphatic heterocycles. The average Bonchev–Trinajstić information content (AvgIpc) is 2.35. The SMILES string of the molecule is CCC1CN(C(=O)CCC(C)OC)CCC1N. The van der Waals surface area contributed by atoms with Crippen LogP contribution in [-0.4, -0.2) is 43.2 Å². The first-order valence-corrected chi connectivity index (χ1v) is 6.64. The van der Waals surface area contributed by atoms with Crippen LogP contribution in [-0.2, 0) is 9.53 Å². The van der Waals surface area contributed by atoms with Crippen molar-refractivity contribution >= 4 is 5.91 Å². The van der Waals surface area contributed by atoms with Crippen LogP contribution in [0.5, 0.6) is 0 Å². The van der Waals surface area contributed by atoms with E-state index in [0.717, 1.165) is 32.4 Å². The van der Waals surface area contributed by atoms with Crippen molar-refractivity contribution in [3.63, 3.8) is 0 Å². The molecule has 0 aliphatic carbocycles. The van der Waals surface area contributed by atoms with Crippen LogP contribution in [0, 0.1) is 5.92 Å². The summed E-state index contributed by atoms with van der Waals surface area (Å²) < 4.78 is 5.16. The van der Waals surface area contributed by atoms with E-state index in [2.05, 4.69) is 6.92 Å². The lowest BCUT2D eigenvalue weighted by atomic mass is 9.90. The van der Waals surface area contributed by atoms with Crippen LogP contribution in [0.4, 0.5) is 0 Å². The molecule has 3 unspecified atom stereocenters. The fraction of sp³-hybridized carbons (Fsp3) is 0.923. The summed E-state index contributed by atoms with van der Waals surface area (Å²) in [6.45, 7) is 5.79. The number of rotatable bonds is 5. The summed E-state index contributed by atoms with van der Waals surface area (Å²) in [5.74, 6) is 0.715. The van der Waals surface area contributed by atoms with Crippen LogP contribution in [0.15, 0.2) is 0 Å². The fourth-order valence-electron chi connectivity index (χ4n) is 2.31. The Morgan fingerprint density at radius 1 is 1.59 bits per heavy atom. The van der Waals surface area contributed by atoms with Crippen LogP contribution in [0.1, 0.15) is 39.5 Å². The normalized spacial score (nSPS) is 26.9. The number of carbonyl (C=O) groups excluding carboxylic acids is 1. The number of hydrogen-bond donors (Lipinski definition) is 1. The van der Waals surface area contributed by atoms with Crippen LogP contribution in [0.25, 0.3) is 0 Å². The maximum absolute atomic E-state index is 12.0. The molecule has 1 heterocycles. The predicted molar refractivity (Wildman–Crippen MR) is 68.7 cm³/mol. The van der Waals surface area contributed by atoms with Crippen LogP contribution < -0.4 is 5.73 Å². The van der Waals surface area contributed by atoms with Crippen molar-refractivity contribution in [1.82, 2.24) is 4.90 Å². The summed E-state index contributed by atoms with van der Waals surface area (Å²) in [6.07, 6.45) is 3.53. The van der Waals surface area contributed by atoms with Crippen molar-refractivity contribution in [2.75, 3.05) is 20.2 Å². The van der Waals surface area contributed by atoms with E-state index in [9.17, 15) is 4.79 Å². The third-order valence-corrected chi connectivity index (χ3v) is 3.84. The van der Waals surface area contributed by atoms with Crippen molar-refractivity contribution in [3.05, 3.63) is 0 Å². The highest BCUT2D eigenvalue weighted by Gasteiger charge is 2.27. The van der Waals surface area contributed by atoms with Gasteiger partial charge in [0.2, 0.25) is 5.91 Å². The first-order chi connectivity index (χ1) is 8.08. The molecule has 100 valence electrons. The van der Waals surface area contributed by atoms with Gasteiger partial charge in [-0.2, -0.15) is 0 Å². The van der Waals surface area contributed by atoms with Crippen LogP contribution in [0.2, 0.25) is 0 Å². The molecule has 1 rings (SSSR count). The lowest BCUT2D eigenvalue weighted by molar-refractivity contribution is -0.133. The second kappa shape index (κ2) is 6.97. The zero-order valence-corrected chi connectivity index (χ0v) is 11.3. The monoisotopic (exact) mass is 242 g/mol. The smallest absolute Gasteiger partial charge is 0.222 e. The Labute approximate surface area is 104 Å². The summed E-state index contributed by atoms with van der Waals surface area (Å²) in [4.78, 5) is 14.0. The number of ether oxygens (including phenoxy) is 1. The zero-order valence-electron chi connectivity index (χ0n) is 11.3. The maximum atomic E-state index is 12.0. The Bertz CT molecular complexity index is 246. The third kappa shape index (κ3) is 4.28. The van der Waals surface area contributed by atoms with Gasteiger partial charge in [0, 0.05) is 32.7 Å². The summed E-state index contributed by atoms with van der Waals surface area (Å²) in [7, 11) is 1.68. The molecular formula is C13H26N2O2. The van der Waals surface area contributed by atoms with E-state index in [0.29, 0.717) is 12.3 Å². The van der Waals surface area contributed by atoms with Crippen molar-refractivity contribution in [1.29, 1.82) is 0 Å². The number of nitrogens with zero attached hydrogens (tertiary/aromatic N) is 1. The molecule has 4 nitrogen and oxygen atoms in total. The van der Waals surface area contributed by atoms with Crippen LogP contribution in [0.3, 0.4) is 0 Å². The molecule has 17 heavy (non-hydrogen) atoms. The highest BCUT2D eigenvalue weighted by Crippen LogP contribution is 2.19. The summed E-state index contributed by atoms with van der Waals surface area (Å²) >= 11 is 0. The fourth-order valence-corrected chi connectivity index (χ4v) is 2.31. The van der Waals surface area contributed by atoms with Gasteiger partial charge in [-0.05, 0) is 25.7 Å². The highest BCUT2D eigenvalue weighted by molar-refractivity contribution is 5.76. The standard InChI is InChI=1S/C13H26N2O2/c1-4-11-9-15(8-7-12(11)14)13(16)6-5-10(2)17-3/h10-12H,4-9,14H2,1-3H3. The lowest BCUT2D eigenvalue weighted by Crippen LogP contribution is -2.49. The van der Waals surface area contributed by atoms with E-state index in [1.54, 1.807) is 7.11 Å². The van der Waals surface area contributed by atoms with Gasteiger partial charge in [-0.25, -0.2) is 0 Å². The first kappa shape index (κ1) is 14.5. The molecule has 1 aliphatic rings. The van der Waals surface area contributed by atoms with E-state index in [1.807, 2.05) is 11.8 Å². The summed E-state index contributed by atoms with van der Waals surface area (Å²) in [5.41, 5.74) is 6.04. The molecular weight excluding hydrogens is 216 g/mol. The van der Waals surface area contributed by atoms with Gasteiger partial charge in [-0.3, -0.25) is 4.79 Å². The summed E-state index contributed by atoms with van der Waals surface area (Å²) in [6, 6.07) is 0.266. The first-order valence-electron chi connectivity index (χ1n) is 6.64. The number of nitrogens with two attached hydrogens (primary N) is 1. The molecule has 0 saturated carbocycles. The number of carbonyl (C=O) groups is 1. The minimum atomic E-state index is 0.160. The molecule has 2 N–H and O–H groups in total. The zero-order chi connectivity index (χ0) is 12.8. The number of amides is 1. The van der Waals surface area contributed by atoms with E-state index in [1.165, 1.54) is 0 Å². The Kier molecular flexibility index (Phi) is 5.92. The maximum Gasteiger partial charge on any atom is 0.222 e. The van der Waals surface area contributed by atoms with E-state index < -0.39 is 0 Å². The average molecular weight is 242 g/mol. The van der Waals surface area contributed by atoms with E-state index >= 15 is 0 Å². The molecule has 1 amide bonds. The van der Waals surface area contributed by atoms with Crippen molar-refractivity contribution in [2.24, 2.45) is 11.7 Å². The molecule has 0 spiro atoms. The minimum Gasteiger partial charge on any atom is -0.382 e. The van der Waals surface area contributed by atoms with Crippen molar-refractivity contribution in [2.45, 2.75) is 51.7 Å². The second-order valence-corrected chi connectivity index (χ2v) is 5.05. The number of likely N-dealkylation sites (tertiary alicyclic amines) is 1. The number of piperidine rings is 1. The van der Waals surface area contributed by atoms with Gasteiger partial charge in [-0.1, -0.05) is 13.3 Å². The van der Waals surface area contributed by atoms with Gasteiger partial charge >= 0.3 is 0 Å². The van der Waals surface area contributed by atoms with Gasteiger partial charge in [-0.15, -0.1) is 0 Å². The summed E-state index contributed by atoms with van der Waals surface area (Å²) in [5, 5.41) is 0. The molecule has 0 aromatic carbocycles. The van der Waals surface area contributed by atoms with Gasteiger partial charge in [0.05, 0.1) is 6.10 Å². The molecule has 0 aromatic heterocycles. The quantitative estimate of drug-likeness (QED) is 0.792. The van der Waals surface area contributed by atoms with Gasteiger partial charge < -0.3 is 15.4 Å². The topological polar surface area (TPSA) is 55.6 Å². The molecule has 1 saturated heterocycles. The minimum absolute atomic E-state index is 0.160. The van der Waals surface area contributed by atoms with Crippen molar-refractivity contribution in [3.8, 4) is 0 Å². The lowest BCUT2D eigenvalue weighted by Gasteiger charge is -2.36. The Morgan fingerprint density at radius 2 is 2.29 bits per heavy atom. The van der Waals surface area contributed by atoms with Crippen molar-refractivity contribution < 1.29 is 9.53 Å². The highest BCUT2D eigenvalue weighted by atomic mass is 16.5. The molecule has 4 heteroatoms. The molecule has 1 fully saturated rings. The predicted octanol–water partition coefficient (Wildman–Crippen LogP) is 1.39. The van der Waals surface area contributed by atoms with Gasteiger partial charge in [0.1, 0.15) is 0 Å². The van der Waals surface area contributed by atoms with E-state index in [4.69, 9.17) is 10.5 Å². The Morgan fingerprint density at radius 3 is 2.88 bits per heavy atom. The molecule has 0 bridgehead atoms. The Balaban J connectivity index is 2.37. The van der Waals surface area contributed by atoms with E-state index in [-0.39, 0.29) is 18.1 Å². The number of hydrogen-bond acceptors (Lipinski definition) is 3. The molecule has 3 atom stereocenters.